The molecular weight excluding hydrogens is 393 g/mol. The minimum atomic E-state index is -4.71. The summed E-state index contributed by atoms with van der Waals surface area (Å²) in [6.07, 6.45) is -3.76. The predicted octanol–water partition coefficient (Wildman–Crippen LogP) is 4.29. The molecule has 2 aromatic rings. The predicted molar refractivity (Wildman–Crippen MR) is 94.1 cm³/mol. The third-order valence-corrected chi connectivity index (χ3v) is 4.23. The molecule has 0 radical (unpaired) electrons. The molecule has 26 heavy (non-hydrogen) atoms. The van der Waals surface area contributed by atoms with Crippen LogP contribution in [0.5, 0.6) is 0 Å². The molecule has 0 spiro atoms. The number of sulfonamides is 1. The van der Waals surface area contributed by atoms with Crippen molar-refractivity contribution in [2.45, 2.75) is 13.1 Å². The fourth-order valence-electron chi connectivity index (χ4n) is 2.24. The number of alkyl halides is 3. The van der Waals surface area contributed by atoms with Crippen molar-refractivity contribution in [3.05, 3.63) is 58.1 Å². The van der Waals surface area contributed by atoms with E-state index in [1.807, 2.05) is 0 Å². The highest BCUT2D eigenvalue weighted by Gasteiger charge is 2.34. The minimum absolute atomic E-state index is 0.0294. The van der Waals surface area contributed by atoms with Gasteiger partial charge in [0, 0.05) is 10.6 Å². The summed E-state index contributed by atoms with van der Waals surface area (Å²) in [5.41, 5.74) is -1.07. The Morgan fingerprint density at radius 3 is 2.35 bits per heavy atom. The van der Waals surface area contributed by atoms with Gasteiger partial charge in [-0.15, -0.1) is 0 Å². The summed E-state index contributed by atoms with van der Waals surface area (Å²) in [6.45, 7) is 1.48. The lowest BCUT2D eigenvalue weighted by atomic mass is 10.1. The fraction of sp³-hybridized carbons (Fsp3) is 0.188. The second kappa shape index (κ2) is 7.16. The number of rotatable bonds is 4. The van der Waals surface area contributed by atoms with E-state index in [2.05, 4.69) is 10.0 Å². The van der Waals surface area contributed by atoms with Crippen LogP contribution in [0.4, 0.5) is 24.5 Å². The lowest BCUT2D eigenvalue weighted by molar-refractivity contribution is -0.136. The second-order valence-electron chi connectivity index (χ2n) is 5.49. The van der Waals surface area contributed by atoms with Gasteiger partial charge in [-0.05, 0) is 42.8 Å². The first-order chi connectivity index (χ1) is 11.9. The van der Waals surface area contributed by atoms with Gasteiger partial charge in [0.05, 0.1) is 23.2 Å². The topological polar surface area (TPSA) is 75.3 Å². The van der Waals surface area contributed by atoms with Gasteiger partial charge in [-0.25, -0.2) is 8.42 Å². The summed E-state index contributed by atoms with van der Waals surface area (Å²) >= 11 is 5.61. The number of hydrogen-bond acceptors (Lipinski definition) is 3. The lowest BCUT2D eigenvalue weighted by Gasteiger charge is -2.16. The third kappa shape index (κ3) is 4.89. The number of halogens is 4. The first-order valence-electron chi connectivity index (χ1n) is 7.14. The lowest BCUT2D eigenvalue weighted by Crippen LogP contribution is -2.18. The molecule has 5 nitrogen and oxygen atoms in total. The molecule has 0 atom stereocenters. The maximum Gasteiger partial charge on any atom is 0.418 e. The Labute approximate surface area is 153 Å². The van der Waals surface area contributed by atoms with E-state index in [-0.39, 0.29) is 21.8 Å². The van der Waals surface area contributed by atoms with Crippen LogP contribution in [0.15, 0.2) is 36.4 Å². The molecule has 10 heteroatoms. The molecule has 0 aromatic heterocycles. The normalized spacial score (nSPS) is 11.9. The fourth-order valence-corrected chi connectivity index (χ4v) is 3.03. The summed E-state index contributed by atoms with van der Waals surface area (Å²) in [4.78, 5) is 12.4. The SMILES string of the molecule is Cc1c(NS(C)(=O)=O)cccc1C(=O)Nc1ccc(Cl)cc1C(F)(F)F. The Morgan fingerprint density at radius 1 is 1.12 bits per heavy atom. The largest absolute Gasteiger partial charge is 0.418 e. The molecule has 1 amide bonds. The van der Waals surface area contributed by atoms with Crippen LogP contribution in [0.1, 0.15) is 21.5 Å². The van der Waals surface area contributed by atoms with Crippen LogP contribution in [0.25, 0.3) is 0 Å². The van der Waals surface area contributed by atoms with E-state index < -0.39 is 33.4 Å². The standard InChI is InChI=1S/C16H14ClF3N2O3S/c1-9-11(4-3-5-13(9)22-26(2,24)25)15(23)21-14-7-6-10(17)8-12(14)16(18,19)20/h3-8,22H,1-2H3,(H,21,23). The van der Waals surface area contributed by atoms with Crippen molar-refractivity contribution in [1.29, 1.82) is 0 Å². The molecule has 2 N–H and O–H groups in total. The average molecular weight is 407 g/mol. The number of hydrogen-bond donors (Lipinski definition) is 2. The zero-order chi connectivity index (χ0) is 19.7. The van der Waals surface area contributed by atoms with E-state index in [1.54, 1.807) is 0 Å². The van der Waals surface area contributed by atoms with Crippen molar-refractivity contribution in [2.75, 3.05) is 16.3 Å². The van der Waals surface area contributed by atoms with E-state index in [9.17, 15) is 26.4 Å². The summed E-state index contributed by atoms with van der Waals surface area (Å²) < 4.78 is 64.3. The van der Waals surface area contributed by atoms with Gasteiger partial charge in [0.1, 0.15) is 0 Å². The number of anilines is 2. The van der Waals surface area contributed by atoms with Gasteiger partial charge < -0.3 is 5.32 Å². The van der Waals surface area contributed by atoms with Crippen LogP contribution in [0.2, 0.25) is 5.02 Å². The van der Waals surface area contributed by atoms with Gasteiger partial charge in [-0.2, -0.15) is 13.2 Å². The van der Waals surface area contributed by atoms with Gasteiger partial charge in [0.25, 0.3) is 5.91 Å². The molecule has 0 heterocycles. The number of amides is 1. The monoisotopic (exact) mass is 406 g/mol. The zero-order valence-corrected chi connectivity index (χ0v) is 15.2. The number of nitrogens with one attached hydrogen (secondary N) is 2. The first-order valence-corrected chi connectivity index (χ1v) is 9.41. The molecule has 2 aromatic carbocycles. The van der Waals surface area contributed by atoms with Crippen molar-refractivity contribution in [3.8, 4) is 0 Å². The van der Waals surface area contributed by atoms with Gasteiger partial charge in [0.2, 0.25) is 10.0 Å². The Balaban J connectivity index is 2.39. The second-order valence-corrected chi connectivity index (χ2v) is 7.68. The third-order valence-electron chi connectivity index (χ3n) is 3.41. The molecule has 0 aliphatic heterocycles. The highest BCUT2D eigenvalue weighted by atomic mass is 35.5. The van der Waals surface area contributed by atoms with Gasteiger partial charge in [0.15, 0.2) is 0 Å². The van der Waals surface area contributed by atoms with Gasteiger partial charge in [-0.3, -0.25) is 9.52 Å². The first kappa shape index (κ1) is 20.1. The summed E-state index contributed by atoms with van der Waals surface area (Å²) in [6, 6.07) is 7.23. The van der Waals surface area contributed by atoms with Crippen molar-refractivity contribution in [2.24, 2.45) is 0 Å². The van der Waals surface area contributed by atoms with Crippen LogP contribution in [-0.4, -0.2) is 20.6 Å². The zero-order valence-electron chi connectivity index (χ0n) is 13.6. The molecule has 0 saturated heterocycles. The molecule has 0 fully saturated rings. The maximum atomic E-state index is 13.1. The smallest absolute Gasteiger partial charge is 0.321 e. The summed E-state index contributed by atoms with van der Waals surface area (Å²) in [7, 11) is -3.58. The van der Waals surface area contributed by atoms with E-state index >= 15 is 0 Å². The maximum absolute atomic E-state index is 13.1. The molecule has 0 saturated carbocycles. The Bertz CT molecular complexity index is 960. The Hall–Kier alpha value is -2.26. The molecular formula is C16H14ClF3N2O3S. The summed E-state index contributed by atoms with van der Waals surface area (Å²) in [5, 5.41) is 2.08. The molecule has 0 aliphatic carbocycles. The Morgan fingerprint density at radius 2 is 1.77 bits per heavy atom. The van der Waals surface area contributed by atoms with Crippen molar-refractivity contribution < 1.29 is 26.4 Å². The van der Waals surface area contributed by atoms with Crippen molar-refractivity contribution in [3.63, 3.8) is 0 Å². The average Bonchev–Trinajstić information content (AvgIpc) is 2.48. The number of carbonyl (C=O) groups excluding carboxylic acids is 1. The molecule has 0 bridgehead atoms. The van der Waals surface area contributed by atoms with Gasteiger partial charge in [-0.1, -0.05) is 17.7 Å². The van der Waals surface area contributed by atoms with Crippen LogP contribution in [0.3, 0.4) is 0 Å². The van der Waals surface area contributed by atoms with E-state index in [0.717, 1.165) is 12.3 Å². The van der Waals surface area contributed by atoms with Crippen LogP contribution in [0, 0.1) is 6.92 Å². The van der Waals surface area contributed by atoms with E-state index in [1.165, 1.54) is 31.2 Å². The molecule has 2 rings (SSSR count). The minimum Gasteiger partial charge on any atom is -0.321 e. The quantitative estimate of drug-likeness (QED) is 0.795. The molecule has 0 unspecified atom stereocenters. The van der Waals surface area contributed by atoms with Crippen molar-refractivity contribution >= 4 is 38.9 Å². The number of benzene rings is 2. The molecule has 140 valence electrons. The van der Waals surface area contributed by atoms with Crippen LogP contribution < -0.4 is 10.0 Å². The summed E-state index contributed by atoms with van der Waals surface area (Å²) in [5.74, 6) is -0.813. The highest BCUT2D eigenvalue weighted by Crippen LogP contribution is 2.36. The van der Waals surface area contributed by atoms with E-state index in [0.29, 0.717) is 6.07 Å². The number of carbonyl (C=O) groups is 1. The van der Waals surface area contributed by atoms with Crippen LogP contribution >= 0.6 is 11.6 Å². The van der Waals surface area contributed by atoms with Gasteiger partial charge >= 0.3 is 6.18 Å². The highest BCUT2D eigenvalue weighted by molar-refractivity contribution is 7.92. The van der Waals surface area contributed by atoms with Crippen LogP contribution in [-0.2, 0) is 16.2 Å². The molecule has 0 aliphatic rings. The van der Waals surface area contributed by atoms with E-state index in [4.69, 9.17) is 11.6 Å². The van der Waals surface area contributed by atoms with Crippen molar-refractivity contribution in [1.82, 2.24) is 0 Å². The Kier molecular flexibility index (Phi) is 5.52.